The van der Waals surface area contributed by atoms with Crippen molar-refractivity contribution < 1.29 is 48.1 Å². The van der Waals surface area contributed by atoms with Crippen LogP contribution in [0.4, 0.5) is 11.4 Å². The van der Waals surface area contributed by atoms with Crippen molar-refractivity contribution in [1.82, 2.24) is 0 Å². The molecule has 26 heavy (non-hydrogen) atoms. The fourth-order valence-electron chi connectivity index (χ4n) is 1.27. The summed E-state index contributed by atoms with van der Waals surface area (Å²) >= 11 is 0. The van der Waals surface area contributed by atoms with E-state index in [0.717, 1.165) is 0 Å². The van der Waals surface area contributed by atoms with Gasteiger partial charge in [-0.15, -0.1) is 0 Å². The van der Waals surface area contributed by atoms with Crippen LogP contribution < -0.4 is 23.3 Å². The molecular weight excluding hydrogens is 392 g/mol. The Bertz CT molecular complexity index is 764. The number of rotatable bonds is 2. The van der Waals surface area contributed by atoms with Gasteiger partial charge in [0.25, 0.3) is 0 Å². The highest BCUT2D eigenvalue weighted by Crippen LogP contribution is 2.10. The molecule has 0 spiro atoms. The third-order valence-corrected chi connectivity index (χ3v) is 4.04. The minimum absolute atomic E-state index is 0.258. The number of nitrogens with two attached hydrogens (primary N) is 2. The number of anilines is 2. The molecule has 2 rings (SSSR count). The van der Waals surface area contributed by atoms with Crippen LogP contribution in [-0.4, -0.2) is 36.4 Å². The van der Waals surface area contributed by atoms with E-state index in [9.17, 15) is 25.9 Å². The van der Waals surface area contributed by atoms with Crippen molar-refractivity contribution in [2.75, 3.05) is 11.5 Å². The predicted octanol–water partition coefficient (Wildman–Crippen LogP) is -2.42. The molecule has 0 aliphatic carbocycles. The fraction of sp³-hybridized carbons (Fsp3) is 0. The number of hydrogen-bond donors (Lipinski definition) is 6. The Balaban J connectivity index is 0. The smallest absolute Gasteiger partial charge is 0.124 e. The highest BCUT2D eigenvalue weighted by molar-refractivity contribution is 7.86. The lowest BCUT2D eigenvalue weighted by molar-refractivity contribution is -0.670. The molecule has 0 saturated carbocycles. The maximum Gasteiger partial charge on any atom is 0.124 e. The standard InChI is InChI=1S/2C6H7NO3S.2H4NO/c2*7-5-1-3-6(4-2-5)11(8,9)10;2*1-2/h2*1-4H,7H2,(H,8,9,10);2*2H,1H3/q;;2*+1/p-2. The first-order valence-electron chi connectivity index (χ1n) is 6.26. The Labute approximate surface area is 150 Å². The van der Waals surface area contributed by atoms with Crippen molar-refractivity contribution >= 4 is 31.6 Å². The van der Waals surface area contributed by atoms with E-state index in [-0.39, 0.29) is 9.79 Å². The lowest BCUT2D eigenvalue weighted by atomic mass is 10.3. The summed E-state index contributed by atoms with van der Waals surface area (Å²) in [5.41, 5.74) is 11.4. The van der Waals surface area contributed by atoms with Gasteiger partial charge in [0, 0.05) is 11.4 Å². The topological polar surface area (TPSA) is 262 Å². The molecule has 0 radical (unpaired) electrons. The van der Waals surface area contributed by atoms with Gasteiger partial charge in [0.1, 0.15) is 20.2 Å². The lowest BCUT2D eigenvalue weighted by Crippen LogP contribution is -2.42. The van der Waals surface area contributed by atoms with Crippen LogP contribution >= 0.6 is 0 Å². The van der Waals surface area contributed by atoms with E-state index in [1.165, 1.54) is 48.5 Å². The Kier molecular flexibility index (Phi) is 12.1. The van der Waals surface area contributed by atoms with E-state index in [0.29, 0.717) is 11.4 Å². The van der Waals surface area contributed by atoms with E-state index in [1.807, 2.05) is 0 Å². The first-order chi connectivity index (χ1) is 12.0. The molecule has 12 N–H and O–H groups in total. The fourth-order valence-corrected chi connectivity index (χ4v) is 2.21. The van der Waals surface area contributed by atoms with Gasteiger partial charge in [-0.1, -0.05) is 0 Å². The first kappa shape index (κ1) is 25.9. The summed E-state index contributed by atoms with van der Waals surface area (Å²) in [6, 6.07) is 10.2. The minimum Gasteiger partial charge on any atom is -0.744 e. The van der Waals surface area contributed by atoms with Crippen molar-refractivity contribution in [3.8, 4) is 0 Å². The molecule has 0 saturated heterocycles. The van der Waals surface area contributed by atoms with Crippen LogP contribution in [-0.2, 0) is 20.2 Å². The second-order valence-corrected chi connectivity index (χ2v) is 6.81. The van der Waals surface area contributed by atoms with Gasteiger partial charge in [-0.3, -0.25) is 0 Å². The van der Waals surface area contributed by atoms with Gasteiger partial charge in [0.15, 0.2) is 0 Å². The van der Waals surface area contributed by atoms with Crippen molar-refractivity contribution in [1.29, 1.82) is 0 Å². The van der Waals surface area contributed by atoms with E-state index in [4.69, 9.17) is 21.9 Å². The monoisotopic (exact) mass is 412 g/mol. The third kappa shape index (κ3) is 10.5. The van der Waals surface area contributed by atoms with Gasteiger partial charge in [-0.05, 0) is 48.5 Å². The third-order valence-electron chi connectivity index (χ3n) is 2.34. The summed E-state index contributed by atoms with van der Waals surface area (Å²) in [6.07, 6.45) is 0. The van der Waals surface area contributed by atoms with E-state index in [2.05, 4.69) is 11.8 Å². The zero-order valence-electron chi connectivity index (χ0n) is 13.3. The normalized spacial score (nSPS) is 10.1. The molecular formula is C12H20N4O8S2. The minimum atomic E-state index is -4.33. The summed E-state index contributed by atoms with van der Waals surface area (Å²) in [5, 5.41) is 13.5. The Morgan fingerprint density at radius 3 is 0.962 bits per heavy atom. The molecule has 148 valence electrons. The van der Waals surface area contributed by atoms with Crippen molar-refractivity contribution in [2.24, 2.45) is 0 Å². The molecule has 0 aliphatic heterocycles. The molecule has 14 heteroatoms. The molecule has 0 unspecified atom stereocenters. The highest BCUT2D eigenvalue weighted by atomic mass is 32.2. The second kappa shape index (κ2) is 12.1. The summed E-state index contributed by atoms with van der Waals surface area (Å²) in [7, 11) is -8.65. The van der Waals surface area contributed by atoms with Crippen molar-refractivity contribution in [3.63, 3.8) is 0 Å². The Hall–Kier alpha value is -2.30. The molecule has 0 bridgehead atoms. The Morgan fingerprint density at radius 1 is 0.615 bits per heavy atom. The molecule has 0 heterocycles. The molecule has 0 atom stereocenters. The van der Waals surface area contributed by atoms with E-state index >= 15 is 0 Å². The first-order valence-corrected chi connectivity index (χ1v) is 9.08. The lowest BCUT2D eigenvalue weighted by Gasteiger charge is -2.05. The average molecular weight is 412 g/mol. The van der Waals surface area contributed by atoms with E-state index < -0.39 is 20.2 Å². The number of benzene rings is 2. The largest absolute Gasteiger partial charge is 0.744 e. The maximum absolute atomic E-state index is 10.3. The summed E-state index contributed by atoms with van der Waals surface area (Å²) in [5.74, 6) is 4.50. The molecule has 12 nitrogen and oxygen atoms in total. The highest BCUT2D eigenvalue weighted by Gasteiger charge is 1.98. The molecule has 0 fully saturated rings. The van der Waals surface area contributed by atoms with Gasteiger partial charge in [-0.2, -0.15) is 0 Å². The van der Waals surface area contributed by atoms with Crippen LogP contribution in [0.5, 0.6) is 0 Å². The molecule has 0 aromatic heterocycles. The average Bonchev–Trinajstić information content (AvgIpc) is 2.58. The zero-order valence-corrected chi connectivity index (χ0v) is 15.0. The van der Waals surface area contributed by atoms with Gasteiger partial charge in [0.05, 0.1) is 9.79 Å². The van der Waals surface area contributed by atoms with Crippen LogP contribution in [0.25, 0.3) is 0 Å². The molecule has 0 aliphatic rings. The summed E-state index contributed by atoms with van der Waals surface area (Å²) in [4.78, 5) is -0.515. The van der Waals surface area contributed by atoms with Gasteiger partial charge >= 0.3 is 0 Å². The van der Waals surface area contributed by atoms with Gasteiger partial charge in [0.2, 0.25) is 0 Å². The molecule has 2 aromatic rings. The Morgan fingerprint density at radius 2 is 0.808 bits per heavy atom. The van der Waals surface area contributed by atoms with Crippen LogP contribution in [0.2, 0.25) is 0 Å². The zero-order chi connectivity index (χ0) is 21.0. The predicted molar refractivity (Wildman–Crippen MR) is 87.0 cm³/mol. The van der Waals surface area contributed by atoms with Crippen LogP contribution in [0.3, 0.4) is 0 Å². The number of quaternary nitrogens is 2. The maximum atomic E-state index is 10.3. The summed E-state index contributed by atoms with van der Waals surface area (Å²) in [6.45, 7) is 0. The number of hydrogen-bond acceptors (Lipinski definition) is 10. The quantitative estimate of drug-likeness (QED) is 0.172. The van der Waals surface area contributed by atoms with Crippen molar-refractivity contribution in [3.05, 3.63) is 48.5 Å². The van der Waals surface area contributed by atoms with Gasteiger partial charge < -0.3 is 20.6 Å². The van der Waals surface area contributed by atoms with Crippen LogP contribution in [0.15, 0.2) is 58.3 Å². The van der Waals surface area contributed by atoms with E-state index in [1.54, 1.807) is 0 Å². The number of nitrogen functional groups attached to an aromatic ring is 2. The second-order valence-electron chi connectivity index (χ2n) is 4.05. The SMILES string of the molecule is Nc1ccc(S(=O)(=O)[O-])cc1.Nc1ccc(S(=O)(=O)[O-])cc1.[NH3+]O.[NH3+]O. The molecule has 2 aromatic carbocycles. The van der Waals surface area contributed by atoms with Crippen molar-refractivity contribution in [2.45, 2.75) is 9.79 Å². The molecule has 0 amide bonds. The summed E-state index contributed by atoms with van der Waals surface area (Å²) < 4.78 is 62.1. The van der Waals surface area contributed by atoms with Crippen LogP contribution in [0.1, 0.15) is 0 Å². The van der Waals surface area contributed by atoms with Gasteiger partial charge in [-0.25, -0.2) is 39.0 Å². The van der Waals surface area contributed by atoms with Crippen LogP contribution in [0, 0.1) is 0 Å².